The zero-order valence-electron chi connectivity index (χ0n) is 10.8. The molecule has 0 saturated heterocycles. The van der Waals surface area contributed by atoms with E-state index in [4.69, 9.17) is 9.84 Å². The van der Waals surface area contributed by atoms with Gasteiger partial charge in [0.25, 0.3) is 0 Å². The van der Waals surface area contributed by atoms with Crippen LogP contribution >= 0.6 is 11.8 Å². The highest BCUT2D eigenvalue weighted by Gasteiger charge is 2.20. The summed E-state index contributed by atoms with van der Waals surface area (Å²) in [5.74, 6) is -1.31. The second-order valence-electron chi connectivity index (χ2n) is 3.65. The first kappa shape index (κ1) is 16.8. The normalized spacial score (nSPS) is 13.5. The molecule has 6 nitrogen and oxygen atoms in total. The summed E-state index contributed by atoms with van der Waals surface area (Å²) in [6, 6.07) is -0.913. The molecule has 2 atom stereocenters. The maximum atomic E-state index is 11.3. The van der Waals surface area contributed by atoms with Crippen molar-refractivity contribution >= 4 is 29.6 Å². The Labute approximate surface area is 110 Å². The summed E-state index contributed by atoms with van der Waals surface area (Å²) in [6.07, 6.45) is 0.267. The monoisotopic (exact) mass is 277 g/mol. The Kier molecular flexibility index (Phi) is 8.19. The van der Waals surface area contributed by atoms with Crippen LogP contribution in [0, 0.1) is 0 Å². The van der Waals surface area contributed by atoms with Gasteiger partial charge in [0.1, 0.15) is 6.04 Å². The van der Waals surface area contributed by atoms with E-state index in [1.807, 2.05) is 0 Å². The average Bonchev–Trinajstić information content (AvgIpc) is 2.27. The number of carboxylic acid groups (broad SMARTS) is 1. The molecular weight excluding hydrogens is 258 g/mol. The maximum absolute atomic E-state index is 11.3. The van der Waals surface area contributed by atoms with Crippen LogP contribution in [0.2, 0.25) is 0 Å². The summed E-state index contributed by atoms with van der Waals surface area (Å²) >= 11 is 1.31. The van der Waals surface area contributed by atoms with Gasteiger partial charge in [-0.2, -0.15) is 0 Å². The zero-order chi connectivity index (χ0) is 14.1. The van der Waals surface area contributed by atoms with E-state index in [-0.39, 0.29) is 23.5 Å². The van der Waals surface area contributed by atoms with E-state index < -0.39 is 12.0 Å². The quantitative estimate of drug-likeness (QED) is 0.633. The van der Waals surface area contributed by atoms with E-state index >= 15 is 0 Å². The van der Waals surface area contributed by atoms with E-state index in [0.29, 0.717) is 12.4 Å². The van der Waals surface area contributed by atoms with Gasteiger partial charge in [0.15, 0.2) is 0 Å². The highest BCUT2D eigenvalue weighted by Crippen LogP contribution is 2.14. The zero-order valence-corrected chi connectivity index (χ0v) is 11.6. The largest absolute Gasteiger partial charge is 0.480 e. The Hall–Kier alpha value is -1.24. The lowest BCUT2D eigenvalue weighted by atomic mass is 10.2. The van der Waals surface area contributed by atoms with Crippen molar-refractivity contribution < 1.29 is 24.2 Å². The maximum Gasteiger partial charge on any atom is 0.326 e. The molecule has 0 heterocycles. The molecule has 0 radical (unpaired) electrons. The van der Waals surface area contributed by atoms with Gasteiger partial charge in [0.05, 0.1) is 11.9 Å². The number of ether oxygens (including phenoxy) is 1. The van der Waals surface area contributed by atoms with Crippen molar-refractivity contribution in [1.29, 1.82) is 0 Å². The fourth-order valence-corrected chi connectivity index (χ4v) is 2.12. The van der Waals surface area contributed by atoms with E-state index in [0.717, 1.165) is 0 Å². The van der Waals surface area contributed by atoms with Gasteiger partial charge in [0, 0.05) is 6.92 Å². The van der Waals surface area contributed by atoms with Crippen molar-refractivity contribution in [3.8, 4) is 0 Å². The molecule has 2 N–H and O–H groups in total. The van der Waals surface area contributed by atoms with Gasteiger partial charge in [-0.05, 0) is 26.0 Å². The summed E-state index contributed by atoms with van der Waals surface area (Å²) in [6.45, 7) is 5.03. The predicted octanol–water partition coefficient (Wildman–Crippen LogP) is 0.651. The molecular formula is C11H19NO5S. The molecule has 104 valence electrons. The molecule has 0 aliphatic rings. The lowest BCUT2D eigenvalue weighted by molar-refractivity contribution is -0.142. The Balaban J connectivity index is 4.02. The van der Waals surface area contributed by atoms with Crippen LogP contribution in [-0.4, -0.2) is 46.6 Å². The van der Waals surface area contributed by atoms with Crippen LogP contribution < -0.4 is 5.32 Å². The average molecular weight is 277 g/mol. The van der Waals surface area contributed by atoms with Gasteiger partial charge in [-0.3, -0.25) is 9.59 Å². The Morgan fingerprint density at radius 3 is 2.44 bits per heavy atom. The standard InChI is InChI=1S/C11H19NO5S/c1-4-17-11(16)7(2)18-6-5-9(10(14)15)12-8(3)13/h7,9H,4-6H2,1-3H3,(H,12,13)(H,14,15). The highest BCUT2D eigenvalue weighted by molar-refractivity contribution is 8.00. The third-order valence-corrected chi connectivity index (χ3v) is 3.23. The highest BCUT2D eigenvalue weighted by atomic mass is 32.2. The van der Waals surface area contributed by atoms with Crippen LogP contribution in [-0.2, 0) is 19.1 Å². The number of rotatable bonds is 8. The number of carbonyl (C=O) groups is 3. The number of aliphatic carboxylic acids is 1. The third kappa shape index (κ3) is 7.16. The van der Waals surface area contributed by atoms with Gasteiger partial charge in [0.2, 0.25) is 5.91 Å². The van der Waals surface area contributed by atoms with Crippen LogP contribution in [0.5, 0.6) is 0 Å². The van der Waals surface area contributed by atoms with Crippen molar-refractivity contribution in [2.45, 2.75) is 38.5 Å². The molecule has 18 heavy (non-hydrogen) atoms. The summed E-state index contributed by atoms with van der Waals surface area (Å²) < 4.78 is 4.83. The molecule has 0 aromatic rings. The number of hydrogen-bond acceptors (Lipinski definition) is 5. The van der Waals surface area contributed by atoms with Crippen molar-refractivity contribution in [2.75, 3.05) is 12.4 Å². The Bertz CT molecular complexity index is 308. The Morgan fingerprint density at radius 1 is 1.39 bits per heavy atom. The molecule has 1 amide bonds. The van der Waals surface area contributed by atoms with Crippen molar-refractivity contribution in [1.82, 2.24) is 5.32 Å². The second-order valence-corrected chi connectivity index (χ2v) is 5.09. The first-order valence-electron chi connectivity index (χ1n) is 5.66. The van der Waals surface area contributed by atoms with Crippen LogP contribution in [0.4, 0.5) is 0 Å². The van der Waals surface area contributed by atoms with E-state index in [1.54, 1.807) is 13.8 Å². The smallest absolute Gasteiger partial charge is 0.326 e. The summed E-state index contributed by atoms with van der Waals surface area (Å²) in [5, 5.41) is 10.9. The van der Waals surface area contributed by atoms with Crippen molar-refractivity contribution in [3.63, 3.8) is 0 Å². The van der Waals surface area contributed by atoms with Crippen LogP contribution in [0.1, 0.15) is 27.2 Å². The van der Waals surface area contributed by atoms with Crippen molar-refractivity contribution in [3.05, 3.63) is 0 Å². The van der Waals surface area contributed by atoms with Gasteiger partial charge >= 0.3 is 11.9 Å². The first-order valence-corrected chi connectivity index (χ1v) is 6.71. The number of esters is 1. The van der Waals surface area contributed by atoms with Gasteiger partial charge in [-0.1, -0.05) is 0 Å². The summed E-state index contributed by atoms with van der Waals surface area (Å²) in [4.78, 5) is 32.9. The van der Waals surface area contributed by atoms with Gasteiger partial charge in [-0.15, -0.1) is 11.8 Å². The fourth-order valence-electron chi connectivity index (χ4n) is 1.19. The number of carbonyl (C=O) groups excluding carboxylic acids is 2. The molecule has 0 aliphatic carbocycles. The molecule has 0 aromatic heterocycles. The van der Waals surface area contributed by atoms with Crippen LogP contribution in [0.15, 0.2) is 0 Å². The molecule has 0 bridgehead atoms. The topological polar surface area (TPSA) is 92.7 Å². The first-order chi connectivity index (χ1) is 8.38. The number of nitrogens with one attached hydrogen (secondary N) is 1. The fraction of sp³-hybridized carbons (Fsp3) is 0.727. The van der Waals surface area contributed by atoms with E-state index in [9.17, 15) is 14.4 Å². The minimum Gasteiger partial charge on any atom is -0.480 e. The van der Waals surface area contributed by atoms with E-state index in [2.05, 4.69) is 5.32 Å². The van der Waals surface area contributed by atoms with Crippen LogP contribution in [0.3, 0.4) is 0 Å². The minimum atomic E-state index is -1.07. The molecule has 2 unspecified atom stereocenters. The van der Waals surface area contributed by atoms with Gasteiger partial charge < -0.3 is 15.2 Å². The molecule has 0 saturated carbocycles. The van der Waals surface area contributed by atoms with Gasteiger partial charge in [-0.25, -0.2) is 4.79 Å². The minimum absolute atomic E-state index is 0.267. The lowest BCUT2D eigenvalue weighted by Gasteiger charge is -2.14. The summed E-state index contributed by atoms with van der Waals surface area (Å²) in [7, 11) is 0. The van der Waals surface area contributed by atoms with Crippen molar-refractivity contribution in [2.24, 2.45) is 0 Å². The number of hydrogen-bond donors (Lipinski definition) is 2. The number of carboxylic acids is 1. The molecule has 0 fully saturated rings. The number of amides is 1. The van der Waals surface area contributed by atoms with Crippen LogP contribution in [0.25, 0.3) is 0 Å². The number of thioether (sulfide) groups is 1. The predicted molar refractivity (Wildman–Crippen MR) is 68.4 cm³/mol. The SMILES string of the molecule is CCOC(=O)C(C)SCCC(NC(C)=O)C(=O)O. The molecule has 0 aromatic carbocycles. The summed E-state index contributed by atoms with van der Waals surface area (Å²) in [5.41, 5.74) is 0. The lowest BCUT2D eigenvalue weighted by Crippen LogP contribution is -2.40. The Morgan fingerprint density at radius 2 is 2.00 bits per heavy atom. The van der Waals surface area contributed by atoms with E-state index in [1.165, 1.54) is 18.7 Å². The molecule has 0 aliphatic heterocycles. The molecule has 0 spiro atoms. The molecule has 0 rings (SSSR count). The molecule has 7 heteroatoms. The second kappa shape index (κ2) is 8.79. The third-order valence-electron chi connectivity index (χ3n) is 2.07.